The molecular formula is C22H29F3N2O2. The molecule has 1 aromatic carbocycles. The summed E-state index contributed by atoms with van der Waals surface area (Å²) in [6.07, 6.45) is -0.337. The van der Waals surface area contributed by atoms with E-state index in [-0.39, 0.29) is 11.8 Å². The molecule has 29 heavy (non-hydrogen) atoms. The number of benzene rings is 1. The highest BCUT2D eigenvalue weighted by molar-refractivity contribution is 5.70. The first-order valence-corrected chi connectivity index (χ1v) is 9.99. The zero-order valence-corrected chi connectivity index (χ0v) is 17.3. The summed E-state index contributed by atoms with van der Waals surface area (Å²) < 4.78 is 43.0. The summed E-state index contributed by atoms with van der Waals surface area (Å²) in [4.78, 5) is 16.1. The highest BCUT2D eigenvalue weighted by Gasteiger charge is 2.30. The molecule has 0 heterocycles. The monoisotopic (exact) mass is 410 g/mol. The Hall–Kier alpha value is -2.20. The minimum atomic E-state index is -4.41. The molecule has 4 nitrogen and oxygen atoms in total. The van der Waals surface area contributed by atoms with Crippen molar-refractivity contribution >= 4 is 6.09 Å². The van der Waals surface area contributed by atoms with E-state index in [1.807, 2.05) is 0 Å². The quantitative estimate of drug-likeness (QED) is 0.638. The second-order valence-corrected chi connectivity index (χ2v) is 7.57. The highest BCUT2D eigenvalue weighted by Crippen LogP contribution is 2.31. The summed E-state index contributed by atoms with van der Waals surface area (Å²) in [5, 5.41) is 0. The lowest BCUT2D eigenvalue weighted by Crippen LogP contribution is -2.41. The van der Waals surface area contributed by atoms with E-state index in [1.165, 1.54) is 4.90 Å². The minimum Gasteiger partial charge on any atom is -0.410 e. The van der Waals surface area contributed by atoms with Crippen molar-refractivity contribution < 1.29 is 22.7 Å². The molecular weight excluding hydrogens is 381 g/mol. The Morgan fingerprint density at radius 2 is 1.76 bits per heavy atom. The van der Waals surface area contributed by atoms with Gasteiger partial charge in [0.2, 0.25) is 0 Å². The molecule has 2 rings (SSSR count). The fraction of sp³-hybridized carbons (Fsp3) is 0.591. The van der Waals surface area contributed by atoms with Gasteiger partial charge in [-0.25, -0.2) is 4.79 Å². The first-order chi connectivity index (χ1) is 13.7. The zero-order valence-electron chi connectivity index (χ0n) is 17.3. The van der Waals surface area contributed by atoms with E-state index < -0.39 is 17.8 Å². The number of hydrogen-bond donors (Lipinski definition) is 0. The normalized spacial score (nSPS) is 19.4. The molecule has 0 saturated heterocycles. The molecule has 0 radical (unpaired) electrons. The van der Waals surface area contributed by atoms with Gasteiger partial charge in [-0.05, 0) is 70.0 Å². The Balaban J connectivity index is 1.80. The maximum Gasteiger partial charge on any atom is 0.416 e. The molecule has 1 saturated carbocycles. The summed E-state index contributed by atoms with van der Waals surface area (Å²) in [6.45, 7) is 3.95. The van der Waals surface area contributed by atoms with Crippen molar-refractivity contribution in [2.75, 3.05) is 27.2 Å². The standard InChI is InChI=1S/C22H29F3N2O2/c1-4-15-26(2)16-5-6-17-7-11-19(12-8-17)27(3)21(28)29-20-13-9-18(10-14-20)22(23,24)25/h9-10,13-14,17,19H,4,7-8,11-12,15-16H2,1-3H3/t17-,19-. The Morgan fingerprint density at radius 1 is 1.14 bits per heavy atom. The number of amides is 1. The van der Waals surface area contributed by atoms with Gasteiger partial charge in [-0.1, -0.05) is 18.8 Å². The van der Waals surface area contributed by atoms with E-state index in [2.05, 4.69) is 30.7 Å². The number of hydrogen-bond acceptors (Lipinski definition) is 3. The molecule has 0 aromatic heterocycles. The van der Waals surface area contributed by atoms with Crippen LogP contribution in [0.15, 0.2) is 24.3 Å². The predicted molar refractivity (Wildman–Crippen MR) is 107 cm³/mol. The third-order valence-electron chi connectivity index (χ3n) is 5.18. The van der Waals surface area contributed by atoms with Crippen molar-refractivity contribution in [3.63, 3.8) is 0 Å². The van der Waals surface area contributed by atoms with Crippen molar-refractivity contribution in [2.45, 2.75) is 51.2 Å². The van der Waals surface area contributed by atoms with Crippen molar-refractivity contribution in [1.29, 1.82) is 0 Å². The van der Waals surface area contributed by atoms with Crippen LogP contribution in [-0.2, 0) is 6.18 Å². The minimum absolute atomic E-state index is 0.0535. The summed E-state index contributed by atoms with van der Waals surface area (Å²) in [6, 6.07) is 4.19. The first kappa shape index (κ1) is 23.1. The number of alkyl halides is 3. The van der Waals surface area contributed by atoms with Crippen LogP contribution in [0.25, 0.3) is 0 Å². The van der Waals surface area contributed by atoms with Crippen LogP contribution in [0.5, 0.6) is 5.75 Å². The Labute approximate surface area is 171 Å². The lowest BCUT2D eigenvalue weighted by molar-refractivity contribution is -0.137. The van der Waals surface area contributed by atoms with Crippen LogP contribution in [-0.4, -0.2) is 49.1 Å². The molecule has 1 amide bonds. The molecule has 0 atom stereocenters. The highest BCUT2D eigenvalue weighted by atomic mass is 19.4. The Bertz CT molecular complexity index is 714. The largest absolute Gasteiger partial charge is 0.416 e. The van der Waals surface area contributed by atoms with Gasteiger partial charge in [0.25, 0.3) is 0 Å². The van der Waals surface area contributed by atoms with Gasteiger partial charge in [0.15, 0.2) is 0 Å². The summed E-state index contributed by atoms with van der Waals surface area (Å²) >= 11 is 0. The molecule has 0 N–H and O–H groups in total. The molecule has 0 unspecified atom stereocenters. The van der Waals surface area contributed by atoms with Crippen LogP contribution < -0.4 is 4.74 Å². The molecule has 160 valence electrons. The molecule has 0 aliphatic heterocycles. The molecule has 1 fully saturated rings. The Kier molecular flexibility index (Phi) is 8.39. The molecule has 1 aliphatic carbocycles. The van der Waals surface area contributed by atoms with Gasteiger partial charge in [-0.15, -0.1) is 0 Å². The van der Waals surface area contributed by atoms with E-state index in [0.717, 1.165) is 69.5 Å². The topological polar surface area (TPSA) is 32.8 Å². The van der Waals surface area contributed by atoms with Crippen LogP contribution in [0.4, 0.5) is 18.0 Å². The Morgan fingerprint density at radius 3 is 2.31 bits per heavy atom. The number of carbonyl (C=O) groups is 1. The molecule has 1 aliphatic rings. The van der Waals surface area contributed by atoms with Crippen molar-refractivity contribution in [3.05, 3.63) is 29.8 Å². The fourth-order valence-electron chi connectivity index (χ4n) is 3.43. The first-order valence-electron chi connectivity index (χ1n) is 9.99. The summed E-state index contributed by atoms with van der Waals surface area (Å²) in [7, 11) is 3.73. The predicted octanol–water partition coefficient (Wildman–Crippen LogP) is 5.04. The number of ether oxygens (including phenoxy) is 1. The van der Waals surface area contributed by atoms with Gasteiger partial charge < -0.3 is 9.64 Å². The average Bonchev–Trinajstić information content (AvgIpc) is 2.68. The third-order valence-corrected chi connectivity index (χ3v) is 5.18. The van der Waals surface area contributed by atoms with E-state index in [0.29, 0.717) is 5.92 Å². The van der Waals surface area contributed by atoms with Gasteiger partial charge in [-0.3, -0.25) is 4.90 Å². The van der Waals surface area contributed by atoms with E-state index in [9.17, 15) is 18.0 Å². The second-order valence-electron chi connectivity index (χ2n) is 7.57. The molecule has 0 spiro atoms. The number of rotatable bonds is 5. The lowest BCUT2D eigenvalue weighted by atomic mass is 9.86. The summed E-state index contributed by atoms with van der Waals surface area (Å²) in [5.41, 5.74) is -0.772. The number of halogens is 3. The average molecular weight is 410 g/mol. The lowest BCUT2D eigenvalue weighted by Gasteiger charge is -2.32. The smallest absolute Gasteiger partial charge is 0.410 e. The van der Waals surface area contributed by atoms with Gasteiger partial charge in [0.1, 0.15) is 5.75 Å². The van der Waals surface area contributed by atoms with Gasteiger partial charge >= 0.3 is 12.3 Å². The summed E-state index contributed by atoms with van der Waals surface area (Å²) in [5.74, 6) is 7.03. The van der Waals surface area contributed by atoms with Gasteiger partial charge in [-0.2, -0.15) is 13.2 Å². The second kappa shape index (κ2) is 10.5. The van der Waals surface area contributed by atoms with Crippen LogP contribution in [0.3, 0.4) is 0 Å². The fourth-order valence-corrected chi connectivity index (χ4v) is 3.43. The molecule has 0 bridgehead atoms. The van der Waals surface area contributed by atoms with Gasteiger partial charge in [0, 0.05) is 19.0 Å². The van der Waals surface area contributed by atoms with Crippen molar-refractivity contribution in [2.24, 2.45) is 5.92 Å². The van der Waals surface area contributed by atoms with E-state index in [1.54, 1.807) is 7.05 Å². The third kappa shape index (κ3) is 7.28. The van der Waals surface area contributed by atoms with Crippen molar-refractivity contribution in [1.82, 2.24) is 9.80 Å². The molecule has 7 heteroatoms. The van der Waals surface area contributed by atoms with Crippen LogP contribution in [0.2, 0.25) is 0 Å². The van der Waals surface area contributed by atoms with Crippen LogP contribution >= 0.6 is 0 Å². The van der Waals surface area contributed by atoms with Crippen LogP contribution in [0.1, 0.15) is 44.6 Å². The van der Waals surface area contributed by atoms with Gasteiger partial charge in [0.05, 0.1) is 12.1 Å². The zero-order chi connectivity index (χ0) is 21.4. The van der Waals surface area contributed by atoms with E-state index >= 15 is 0 Å². The molecule has 1 aromatic rings. The van der Waals surface area contributed by atoms with Crippen LogP contribution in [0, 0.1) is 17.8 Å². The maximum absolute atomic E-state index is 12.6. The maximum atomic E-state index is 12.6. The number of nitrogens with zero attached hydrogens (tertiary/aromatic N) is 2. The SMILES string of the molecule is CCCN(C)CC#C[C@H]1CC[C@H](N(C)C(=O)Oc2ccc(C(F)(F)F)cc2)CC1. The van der Waals surface area contributed by atoms with E-state index in [4.69, 9.17) is 4.74 Å². The number of carbonyl (C=O) groups excluding carboxylic acids is 1. The van der Waals surface area contributed by atoms with Crippen molar-refractivity contribution in [3.8, 4) is 17.6 Å².